The molecule has 0 aliphatic heterocycles. The van der Waals surface area contributed by atoms with Gasteiger partial charge in [-0.1, -0.05) is 36.9 Å². The molecule has 1 aliphatic rings. The van der Waals surface area contributed by atoms with E-state index in [1.165, 1.54) is 11.1 Å². The first-order valence-electron chi connectivity index (χ1n) is 6.87. The predicted molar refractivity (Wildman–Crippen MR) is 80.2 cm³/mol. The summed E-state index contributed by atoms with van der Waals surface area (Å²) in [5.74, 6) is 0. The zero-order valence-corrected chi connectivity index (χ0v) is 12.2. The summed E-state index contributed by atoms with van der Waals surface area (Å²) >= 11 is 6.12. The van der Waals surface area contributed by atoms with Crippen LogP contribution in [0, 0.1) is 0 Å². The van der Waals surface area contributed by atoms with Crippen LogP contribution in [0.15, 0.2) is 23.6 Å². The van der Waals surface area contributed by atoms with Gasteiger partial charge >= 0.3 is 0 Å². The molecule has 0 unspecified atom stereocenters. The Bertz CT molecular complexity index is 536. The standard InChI is InChI=1S/C14H20ClN3O2/c1-2-8-18-13(20)12(15)11(9-16-18)17-14(10-19)6-4-3-5-7-14/h2,9,17,19H,1,3-8,10H2. The summed E-state index contributed by atoms with van der Waals surface area (Å²) in [5, 5.41) is 17.1. The van der Waals surface area contributed by atoms with Gasteiger partial charge in [0, 0.05) is 0 Å². The maximum Gasteiger partial charge on any atom is 0.287 e. The molecule has 6 heteroatoms. The molecule has 1 fully saturated rings. The van der Waals surface area contributed by atoms with E-state index in [9.17, 15) is 9.90 Å². The lowest BCUT2D eigenvalue weighted by atomic mass is 9.82. The van der Waals surface area contributed by atoms with Gasteiger partial charge in [0.1, 0.15) is 5.02 Å². The first-order chi connectivity index (χ1) is 9.62. The van der Waals surface area contributed by atoms with Crippen molar-refractivity contribution in [1.29, 1.82) is 0 Å². The molecule has 20 heavy (non-hydrogen) atoms. The van der Waals surface area contributed by atoms with E-state index in [1.807, 2.05) is 0 Å². The van der Waals surface area contributed by atoms with Crippen LogP contribution in [-0.4, -0.2) is 27.0 Å². The quantitative estimate of drug-likeness (QED) is 0.818. The Kier molecular flexibility index (Phi) is 4.83. The van der Waals surface area contributed by atoms with Crippen LogP contribution in [0.3, 0.4) is 0 Å². The fourth-order valence-electron chi connectivity index (χ4n) is 2.64. The first-order valence-corrected chi connectivity index (χ1v) is 7.25. The Morgan fingerprint density at radius 1 is 1.50 bits per heavy atom. The summed E-state index contributed by atoms with van der Waals surface area (Å²) in [6.45, 7) is 3.93. The minimum absolute atomic E-state index is 0.0269. The van der Waals surface area contributed by atoms with E-state index in [1.54, 1.807) is 12.3 Å². The van der Waals surface area contributed by atoms with Crippen LogP contribution in [0.25, 0.3) is 0 Å². The number of halogens is 1. The Morgan fingerprint density at radius 3 is 2.80 bits per heavy atom. The van der Waals surface area contributed by atoms with Crippen molar-refractivity contribution in [3.05, 3.63) is 34.2 Å². The number of nitrogens with zero attached hydrogens (tertiary/aromatic N) is 2. The van der Waals surface area contributed by atoms with E-state index in [4.69, 9.17) is 11.6 Å². The second-order valence-corrected chi connectivity index (χ2v) is 5.65. The molecule has 0 saturated heterocycles. The van der Waals surface area contributed by atoms with Gasteiger partial charge in [0.15, 0.2) is 0 Å². The normalized spacial score (nSPS) is 17.7. The summed E-state index contributed by atoms with van der Waals surface area (Å²) in [6, 6.07) is 0. The topological polar surface area (TPSA) is 67.2 Å². The Labute approximate surface area is 123 Å². The zero-order chi connectivity index (χ0) is 14.6. The molecule has 2 rings (SSSR count). The van der Waals surface area contributed by atoms with E-state index in [-0.39, 0.29) is 22.7 Å². The number of hydrogen-bond acceptors (Lipinski definition) is 4. The van der Waals surface area contributed by atoms with Gasteiger partial charge in [0.2, 0.25) is 0 Å². The Morgan fingerprint density at radius 2 is 2.20 bits per heavy atom. The van der Waals surface area contributed by atoms with Crippen LogP contribution in [0.4, 0.5) is 5.69 Å². The highest BCUT2D eigenvalue weighted by Crippen LogP contribution is 2.32. The molecular formula is C14H20ClN3O2. The molecule has 0 spiro atoms. The average Bonchev–Trinajstić information content (AvgIpc) is 2.48. The van der Waals surface area contributed by atoms with Crippen LogP contribution in [0.2, 0.25) is 5.02 Å². The molecule has 1 saturated carbocycles. The Balaban J connectivity index is 2.27. The minimum atomic E-state index is -0.388. The first kappa shape index (κ1) is 15.1. The van der Waals surface area contributed by atoms with Gasteiger partial charge in [0.25, 0.3) is 5.56 Å². The molecule has 1 aliphatic carbocycles. The van der Waals surface area contributed by atoms with Gasteiger partial charge in [-0.05, 0) is 12.8 Å². The van der Waals surface area contributed by atoms with Crippen LogP contribution < -0.4 is 10.9 Å². The maximum atomic E-state index is 12.0. The highest BCUT2D eigenvalue weighted by Gasteiger charge is 2.32. The number of anilines is 1. The van der Waals surface area contributed by atoms with Crippen molar-refractivity contribution in [2.24, 2.45) is 0 Å². The highest BCUT2D eigenvalue weighted by atomic mass is 35.5. The van der Waals surface area contributed by atoms with Crippen molar-refractivity contribution in [3.63, 3.8) is 0 Å². The number of allylic oxidation sites excluding steroid dienone is 1. The van der Waals surface area contributed by atoms with Crippen molar-refractivity contribution in [2.75, 3.05) is 11.9 Å². The summed E-state index contributed by atoms with van der Waals surface area (Å²) in [4.78, 5) is 12.0. The van der Waals surface area contributed by atoms with Gasteiger partial charge < -0.3 is 10.4 Å². The SMILES string of the molecule is C=CCn1ncc(NC2(CO)CCCCC2)c(Cl)c1=O. The van der Waals surface area contributed by atoms with E-state index in [0.717, 1.165) is 25.7 Å². The molecule has 1 aromatic heterocycles. The minimum Gasteiger partial charge on any atom is -0.394 e. The lowest BCUT2D eigenvalue weighted by Gasteiger charge is -2.37. The third kappa shape index (κ3) is 3.04. The van der Waals surface area contributed by atoms with Gasteiger partial charge in [-0.3, -0.25) is 4.79 Å². The second kappa shape index (κ2) is 6.41. The summed E-state index contributed by atoms with van der Waals surface area (Å²) in [7, 11) is 0. The van der Waals surface area contributed by atoms with E-state index >= 15 is 0 Å². The van der Waals surface area contributed by atoms with Crippen molar-refractivity contribution in [3.8, 4) is 0 Å². The van der Waals surface area contributed by atoms with Crippen molar-refractivity contribution in [1.82, 2.24) is 9.78 Å². The summed E-state index contributed by atoms with van der Waals surface area (Å²) in [5.41, 5.74) is -0.242. The fraction of sp³-hybridized carbons (Fsp3) is 0.571. The fourth-order valence-corrected chi connectivity index (χ4v) is 2.84. The molecule has 1 heterocycles. The van der Waals surface area contributed by atoms with Gasteiger partial charge in [0.05, 0.1) is 30.6 Å². The Hall–Kier alpha value is -1.33. The van der Waals surface area contributed by atoms with Crippen molar-refractivity contribution >= 4 is 17.3 Å². The molecular weight excluding hydrogens is 278 g/mol. The number of aromatic nitrogens is 2. The largest absolute Gasteiger partial charge is 0.394 e. The molecule has 0 bridgehead atoms. The van der Waals surface area contributed by atoms with E-state index in [0.29, 0.717) is 12.2 Å². The average molecular weight is 298 g/mol. The second-order valence-electron chi connectivity index (χ2n) is 5.27. The monoisotopic (exact) mass is 297 g/mol. The number of hydrogen-bond donors (Lipinski definition) is 2. The van der Waals surface area contributed by atoms with E-state index in [2.05, 4.69) is 17.0 Å². The van der Waals surface area contributed by atoms with Gasteiger partial charge in [-0.2, -0.15) is 5.10 Å². The number of aliphatic hydroxyl groups excluding tert-OH is 1. The lowest BCUT2D eigenvalue weighted by molar-refractivity contribution is 0.173. The lowest BCUT2D eigenvalue weighted by Crippen LogP contribution is -2.44. The van der Waals surface area contributed by atoms with Gasteiger partial charge in [-0.25, -0.2) is 4.68 Å². The van der Waals surface area contributed by atoms with Gasteiger partial charge in [-0.15, -0.1) is 6.58 Å². The molecule has 0 radical (unpaired) electrons. The van der Waals surface area contributed by atoms with Crippen LogP contribution in [-0.2, 0) is 6.54 Å². The number of rotatable bonds is 5. The summed E-state index contributed by atoms with van der Waals surface area (Å²) < 4.78 is 1.26. The smallest absolute Gasteiger partial charge is 0.287 e. The predicted octanol–water partition coefficient (Wildman–Crippen LogP) is 2.19. The maximum absolute atomic E-state index is 12.0. The molecule has 2 N–H and O–H groups in total. The number of nitrogens with one attached hydrogen (secondary N) is 1. The molecule has 0 atom stereocenters. The third-order valence-corrected chi connectivity index (χ3v) is 4.17. The van der Waals surface area contributed by atoms with Crippen molar-refractivity contribution in [2.45, 2.75) is 44.2 Å². The van der Waals surface area contributed by atoms with Crippen LogP contribution in [0.1, 0.15) is 32.1 Å². The molecule has 0 amide bonds. The van der Waals surface area contributed by atoms with Crippen molar-refractivity contribution < 1.29 is 5.11 Å². The highest BCUT2D eigenvalue weighted by molar-refractivity contribution is 6.32. The zero-order valence-electron chi connectivity index (χ0n) is 11.4. The summed E-state index contributed by atoms with van der Waals surface area (Å²) in [6.07, 6.45) is 8.17. The molecule has 110 valence electrons. The van der Waals surface area contributed by atoms with E-state index < -0.39 is 0 Å². The molecule has 1 aromatic rings. The van der Waals surface area contributed by atoms with Crippen LogP contribution >= 0.6 is 11.6 Å². The molecule has 0 aromatic carbocycles. The molecule has 5 nitrogen and oxygen atoms in total. The van der Waals surface area contributed by atoms with Crippen LogP contribution in [0.5, 0.6) is 0 Å². The third-order valence-electron chi connectivity index (χ3n) is 3.80. The number of aliphatic hydroxyl groups is 1.